The number of nitrogens with zero attached hydrogens (tertiary/aromatic N) is 1. The summed E-state index contributed by atoms with van der Waals surface area (Å²) in [6.45, 7) is 19.1. The number of carbonyl (C=O) groups excluding carboxylic acids is 3. The molecule has 0 aromatic heterocycles. The zero-order valence-corrected chi connectivity index (χ0v) is 30.8. The van der Waals surface area contributed by atoms with Crippen LogP contribution in [-0.4, -0.2) is 81.3 Å². The van der Waals surface area contributed by atoms with Crippen molar-refractivity contribution in [1.29, 1.82) is 0 Å². The third kappa shape index (κ3) is 11.4. The van der Waals surface area contributed by atoms with E-state index < -0.39 is 29.3 Å². The molecule has 2 rings (SSSR count). The van der Waals surface area contributed by atoms with Crippen molar-refractivity contribution >= 4 is 17.9 Å². The van der Waals surface area contributed by atoms with Crippen LogP contribution < -0.4 is 20.5 Å². The van der Waals surface area contributed by atoms with E-state index in [4.69, 9.17) is 23.7 Å². The smallest absolute Gasteiger partial charge is 0.412 e. The molecule has 1 aromatic rings. The highest BCUT2D eigenvalue weighted by atomic mass is 16.6. The lowest BCUT2D eigenvalue weighted by atomic mass is 9.80. The number of methoxy groups -OCH3 is 2. The van der Waals surface area contributed by atoms with Crippen LogP contribution in [0.25, 0.3) is 0 Å². The van der Waals surface area contributed by atoms with Gasteiger partial charge in [-0.25, -0.2) is 9.59 Å². The average Bonchev–Trinajstić information content (AvgIpc) is 3.24. The van der Waals surface area contributed by atoms with Crippen molar-refractivity contribution in [3.05, 3.63) is 23.8 Å². The second-order valence-electron chi connectivity index (χ2n) is 14.5. The molecule has 1 aromatic carbocycles. The minimum Gasteiger partial charge on any atom is -0.493 e. The number of quaternary nitrogens is 1. The van der Waals surface area contributed by atoms with Crippen LogP contribution in [0.5, 0.6) is 11.5 Å². The lowest BCUT2D eigenvalue weighted by Gasteiger charge is -2.35. The van der Waals surface area contributed by atoms with Gasteiger partial charge in [-0.2, -0.15) is 0 Å². The number of amides is 3. The minimum atomic E-state index is -0.938. The van der Waals surface area contributed by atoms with Crippen LogP contribution in [0, 0.1) is 29.1 Å². The highest BCUT2D eigenvalue weighted by molar-refractivity contribution is 5.80. The Bertz CT molecular complexity index is 1170. The predicted molar refractivity (Wildman–Crippen MR) is 181 cm³/mol. The molecule has 1 aliphatic rings. The van der Waals surface area contributed by atoms with E-state index in [0.29, 0.717) is 37.6 Å². The number of benzene rings is 1. The number of hydrogen-bond acceptors (Lipinski definition) is 8. The van der Waals surface area contributed by atoms with Crippen molar-refractivity contribution in [1.82, 2.24) is 10.2 Å². The van der Waals surface area contributed by atoms with E-state index in [2.05, 4.69) is 31.0 Å². The first kappa shape index (κ1) is 40.3. The first-order valence-electron chi connectivity index (χ1n) is 17.1. The van der Waals surface area contributed by atoms with Gasteiger partial charge in [0.05, 0.1) is 37.9 Å². The number of nitrogens with one attached hydrogen (secondary N) is 1. The van der Waals surface area contributed by atoms with E-state index in [1.54, 1.807) is 39.9 Å². The summed E-state index contributed by atoms with van der Waals surface area (Å²) in [6.07, 6.45) is 1.74. The fraction of sp³-hybridized carbons (Fsp3) is 0.750. The summed E-state index contributed by atoms with van der Waals surface area (Å²) in [7, 11) is 3.30. The van der Waals surface area contributed by atoms with E-state index >= 15 is 0 Å². The summed E-state index contributed by atoms with van der Waals surface area (Å²) in [5.74, 6) is 1.05. The molecule has 1 saturated heterocycles. The second kappa shape index (κ2) is 18.0. The summed E-state index contributed by atoms with van der Waals surface area (Å²) in [6, 6.07) is 5.70. The zero-order chi connectivity index (χ0) is 35.5. The van der Waals surface area contributed by atoms with Gasteiger partial charge >= 0.3 is 12.0 Å². The van der Waals surface area contributed by atoms with Crippen molar-refractivity contribution in [2.24, 2.45) is 29.1 Å². The molecule has 4 atom stereocenters. The van der Waals surface area contributed by atoms with Gasteiger partial charge in [0.1, 0.15) is 5.72 Å². The molecule has 11 heteroatoms. The standard InChI is InChI=1S/C36H61N3O8/c1-12-45-34(42)39-28(20-26(23(2)3)18-25-14-15-29(44-11)31(19-25)46-17-13-16-43-10)30(47-36(39,8)9)21-27(24(4)5)32(40)38-22-35(6,7)33(37)41/h14-15,19,23-24,26-28,30H,12-13,16-18,20-22H2,1-11H3,(H2,37,41)(H,38,40)/p+1. The highest BCUT2D eigenvalue weighted by Crippen LogP contribution is 2.41. The normalized spacial score (nSPS) is 19.1. The van der Waals surface area contributed by atoms with Gasteiger partial charge in [-0.1, -0.05) is 33.8 Å². The summed E-state index contributed by atoms with van der Waals surface area (Å²) in [5.41, 5.74) is 2.94. The van der Waals surface area contributed by atoms with Crippen molar-refractivity contribution in [2.75, 3.05) is 40.6 Å². The number of hydrogen-bond donors (Lipinski definition) is 2. The largest absolute Gasteiger partial charge is 0.493 e. The molecule has 3 amide bonds. The molecule has 0 saturated carbocycles. The maximum Gasteiger partial charge on any atom is 0.412 e. The van der Waals surface area contributed by atoms with E-state index in [1.165, 1.54) is 0 Å². The molecule has 4 unspecified atom stereocenters. The van der Waals surface area contributed by atoms with Gasteiger partial charge in [-0.15, -0.1) is 0 Å². The van der Waals surface area contributed by atoms with Crippen molar-refractivity contribution < 1.29 is 43.8 Å². The maximum absolute atomic E-state index is 13.6. The molecule has 47 heavy (non-hydrogen) atoms. The van der Waals surface area contributed by atoms with Gasteiger partial charge in [-0.05, 0) is 89.3 Å². The van der Waals surface area contributed by atoms with E-state index in [-0.39, 0.29) is 48.8 Å². The van der Waals surface area contributed by atoms with Gasteiger partial charge in [-0.3, -0.25) is 15.4 Å². The molecule has 0 aliphatic carbocycles. The highest BCUT2D eigenvalue weighted by Gasteiger charge is 2.52. The minimum absolute atomic E-state index is 0.0000699. The Hall–Kier alpha value is -2.89. The molecular weight excluding hydrogens is 602 g/mol. The summed E-state index contributed by atoms with van der Waals surface area (Å²) in [4.78, 5) is 40.8. The van der Waals surface area contributed by atoms with Crippen LogP contribution in [-0.2, 0) is 30.2 Å². The van der Waals surface area contributed by atoms with Gasteiger partial charge in [0.15, 0.2) is 11.5 Å². The van der Waals surface area contributed by atoms with Gasteiger partial charge in [0.2, 0.25) is 5.91 Å². The fourth-order valence-corrected chi connectivity index (χ4v) is 6.10. The Kier molecular flexibility index (Phi) is 15.5. The van der Waals surface area contributed by atoms with Gasteiger partial charge in [0.25, 0.3) is 0 Å². The molecule has 268 valence electrons. The Morgan fingerprint density at radius 3 is 2.28 bits per heavy atom. The summed E-state index contributed by atoms with van der Waals surface area (Å²) < 4.78 is 28.9. The third-order valence-corrected chi connectivity index (χ3v) is 9.30. The first-order chi connectivity index (χ1) is 22.0. The Balaban J connectivity index is 2.40. The Morgan fingerprint density at radius 1 is 1.04 bits per heavy atom. The third-order valence-electron chi connectivity index (χ3n) is 9.30. The first-order valence-corrected chi connectivity index (χ1v) is 17.1. The molecule has 0 spiro atoms. The van der Waals surface area contributed by atoms with E-state index in [0.717, 1.165) is 18.4 Å². The molecule has 0 bridgehead atoms. The van der Waals surface area contributed by atoms with Crippen LogP contribution in [0.3, 0.4) is 0 Å². The van der Waals surface area contributed by atoms with Crippen molar-refractivity contribution in [3.63, 3.8) is 0 Å². The zero-order valence-electron chi connectivity index (χ0n) is 30.8. The topological polar surface area (TPSA) is 140 Å². The second-order valence-corrected chi connectivity index (χ2v) is 14.5. The molecule has 1 heterocycles. The van der Waals surface area contributed by atoms with E-state index in [1.807, 2.05) is 39.8 Å². The Labute approximate surface area is 282 Å². The van der Waals surface area contributed by atoms with Crippen LogP contribution in [0.1, 0.15) is 87.1 Å². The molecule has 4 N–H and O–H groups in total. The molecule has 1 aliphatic heterocycles. The number of rotatable bonds is 19. The average molecular weight is 665 g/mol. The van der Waals surface area contributed by atoms with Crippen molar-refractivity contribution in [3.8, 4) is 11.5 Å². The quantitative estimate of drug-likeness (QED) is 0.200. The monoisotopic (exact) mass is 664 g/mol. The number of ether oxygens (including phenoxy) is 5. The lowest BCUT2D eigenvalue weighted by Crippen LogP contribution is -2.65. The molecule has 1 fully saturated rings. The number of carbonyl (C=O) groups is 3. The summed E-state index contributed by atoms with van der Waals surface area (Å²) >= 11 is 0. The van der Waals surface area contributed by atoms with Crippen LogP contribution in [0.2, 0.25) is 0 Å². The SMILES string of the molecule is CCOC(=O)N1C(CC(Cc2ccc(OC)c(OCCCOC)c2)C(C)C)C(CC(C(=O)NCC(C)(C)C([NH3+])=O)C(C)C)OC1(C)C. The van der Waals surface area contributed by atoms with Crippen LogP contribution >= 0.6 is 0 Å². The maximum atomic E-state index is 13.6. The molecule has 11 nitrogen and oxygen atoms in total. The van der Waals surface area contributed by atoms with Crippen LogP contribution in [0.15, 0.2) is 18.2 Å². The van der Waals surface area contributed by atoms with Crippen molar-refractivity contribution in [2.45, 2.75) is 106 Å². The predicted octanol–water partition coefficient (Wildman–Crippen LogP) is 4.85. The van der Waals surface area contributed by atoms with Gasteiger partial charge < -0.3 is 29.0 Å². The summed E-state index contributed by atoms with van der Waals surface area (Å²) in [5, 5.41) is 2.99. The van der Waals surface area contributed by atoms with Gasteiger partial charge in [0, 0.05) is 32.6 Å². The Morgan fingerprint density at radius 2 is 1.72 bits per heavy atom. The fourth-order valence-electron chi connectivity index (χ4n) is 6.10. The van der Waals surface area contributed by atoms with E-state index in [9.17, 15) is 14.4 Å². The molecular formula is C36H62N3O8+. The van der Waals surface area contributed by atoms with Crippen LogP contribution in [0.4, 0.5) is 4.79 Å². The molecule has 0 radical (unpaired) electrons. The lowest BCUT2D eigenvalue weighted by molar-refractivity contribution is -0.317.